The van der Waals surface area contributed by atoms with Crippen LogP contribution in [0.2, 0.25) is 0 Å². The zero-order valence-electron chi connectivity index (χ0n) is 12.7. The summed E-state index contributed by atoms with van der Waals surface area (Å²) in [7, 11) is 4.40. The molecule has 0 amide bonds. The van der Waals surface area contributed by atoms with Crippen LogP contribution in [-0.4, -0.2) is 25.0 Å². The lowest BCUT2D eigenvalue weighted by atomic mass is 9.81. The van der Waals surface area contributed by atoms with E-state index >= 15 is 0 Å². The van der Waals surface area contributed by atoms with Gasteiger partial charge in [-0.15, -0.1) is 0 Å². The maximum absolute atomic E-state index is 2.37. The van der Waals surface area contributed by atoms with Gasteiger partial charge in [0.05, 0.1) is 0 Å². The maximum atomic E-state index is 2.37. The SMILES string of the molecule is Cc1ccc(-c2ccccc2)c2c1CC(N(C)C)CC2. The van der Waals surface area contributed by atoms with E-state index in [9.17, 15) is 0 Å². The van der Waals surface area contributed by atoms with Crippen molar-refractivity contribution in [3.63, 3.8) is 0 Å². The fourth-order valence-corrected chi connectivity index (χ4v) is 3.36. The highest BCUT2D eigenvalue weighted by molar-refractivity contribution is 5.70. The molecule has 0 fully saturated rings. The Bertz CT molecular complexity index is 599. The van der Waals surface area contributed by atoms with Crippen molar-refractivity contribution in [3.05, 3.63) is 59.2 Å². The van der Waals surface area contributed by atoms with Crippen LogP contribution in [0.5, 0.6) is 0 Å². The molecule has 1 aliphatic rings. The first-order valence-electron chi connectivity index (χ1n) is 7.50. The molecule has 0 heterocycles. The zero-order valence-corrected chi connectivity index (χ0v) is 12.7. The Morgan fingerprint density at radius 2 is 1.70 bits per heavy atom. The minimum atomic E-state index is 0.687. The Balaban J connectivity index is 2.06. The predicted molar refractivity (Wildman–Crippen MR) is 86.1 cm³/mol. The van der Waals surface area contributed by atoms with Crippen molar-refractivity contribution in [2.24, 2.45) is 0 Å². The van der Waals surface area contributed by atoms with Crippen LogP contribution < -0.4 is 0 Å². The van der Waals surface area contributed by atoms with Gasteiger partial charge in [-0.05, 0) is 68.1 Å². The molecule has 0 saturated heterocycles. The van der Waals surface area contributed by atoms with Crippen LogP contribution in [0.15, 0.2) is 42.5 Å². The van der Waals surface area contributed by atoms with E-state index in [0.717, 1.165) is 0 Å². The van der Waals surface area contributed by atoms with Crippen LogP contribution in [0, 0.1) is 6.92 Å². The van der Waals surface area contributed by atoms with Gasteiger partial charge in [0, 0.05) is 6.04 Å². The van der Waals surface area contributed by atoms with Crippen molar-refractivity contribution >= 4 is 0 Å². The average molecular weight is 265 g/mol. The molecule has 0 saturated carbocycles. The molecule has 1 atom stereocenters. The third kappa shape index (κ3) is 2.38. The third-order valence-corrected chi connectivity index (χ3v) is 4.65. The Kier molecular flexibility index (Phi) is 3.62. The molecule has 0 aromatic heterocycles. The van der Waals surface area contributed by atoms with Gasteiger partial charge < -0.3 is 4.90 Å². The Hall–Kier alpha value is -1.60. The van der Waals surface area contributed by atoms with Crippen LogP contribution in [0.1, 0.15) is 23.1 Å². The molecule has 104 valence electrons. The molecule has 0 radical (unpaired) electrons. The molecule has 20 heavy (non-hydrogen) atoms. The summed E-state index contributed by atoms with van der Waals surface area (Å²) in [5, 5.41) is 0. The molecule has 1 heteroatoms. The number of fused-ring (bicyclic) bond motifs is 1. The minimum Gasteiger partial charge on any atom is -0.306 e. The van der Waals surface area contributed by atoms with Crippen molar-refractivity contribution in [3.8, 4) is 11.1 Å². The topological polar surface area (TPSA) is 3.24 Å². The number of nitrogens with zero attached hydrogens (tertiary/aromatic N) is 1. The van der Waals surface area contributed by atoms with Gasteiger partial charge in [0.1, 0.15) is 0 Å². The van der Waals surface area contributed by atoms with E-state index in [1.165, 1.54) is 36.0 Å². The second-order valence-corrected chi connectivity index (χ2v) is 6.11. The normalized spacial score (nSPS) is 18.1. The molecule has 0 spiro atoms. The van der Waals surface area contributed by atoms with Gasteiger partial charge in [0.2, 0.25) is 0 Å². The van der Waals surface area contributed by atoms with Crippen LogP contribution in [0.4, 0.5) is 0 Å². The fraction of sp³-hybridized carbons (Fsp3) is 0.368. The van der Waals surface area contributed by atoms with Crippen molar-refractivity contribution in [2.45, 2.75) is 32.2 Å². The highest BCUT2D eigenvalue weighted by atomic mass is 15.1. The Labute approximate surface area is 122 Å². The predicted octanol–water partition coefficient (Wildman–Crippen LogP) is 4.08. The number of hydrogen-bond acceptors (Lipinski definition) is 1. The summed E-state index contributed by atoms with van der Waals surface area (Å²) in [4.78, 5) is 2.37. The smallest absolute Gasteiger partial charge is 0.0133 e. The van der Waals surface area contributed by atoms with Gasteiger partial charge in [-0.2, -0.15) is 0 Å². The van der Waals surface area contributed by atoms with Crippen molar-refractivity contribution < 1.29 is 0 Å². The molecule has 0 aliphatic heterocycles. The highest BCUT2D eigenvalue weighted by Gasteiger charge is 2.23. The molecule has 2 aromatic rings. The van der Waals surface area contributed by atoms with Crippen LogP contribution in [0.25, 0.3) is 11.1 Å². The van der Waals surface area contributed by atoms with E-state index in [1.54, 1.807) is 11.1 Å². The van der Waals surface area contributed by atoms with Crippen molar-refractivity contribution in [1.82, 2.24) is 4.90 Å². The number of rotatable bonds is 2. The first kappa shape index (κ1) is 13.4. The van der Waals surface area contributed by atoms with E-state index in [1.807, 2.05) is 0 Å². The molecule has 1 nitrogen and oxygen atoms in total. The number of likely N-dealkylation sites (N-methyl/N-ethyl adjacent to an activating group) is 1. The molecule has 1 aliphatic carbocycles. The van der Waals surface area contributed by atoms with E-state index < -0.39 is 0 Å². The maximum Gasteiger partial charge on any atom is 0.0133 e. The summed E-state index contributed by atoms with van der Waals surface area (Å²) in [6, 6.07) is 16.1. The lowest BCUT2D eigenvalue weighted by Gasteiger charge is -2.32. The first-order chi connectivity index (χ1) is 9.66. The van der Waals surface area contributed by atoms with Gasteiger partial charge in [0.15, 0.2) is 0 Å². The van der Waals surface area contributed by atoms with Crippen molar-refractivity contribution in [1.29, 1.82) is 0 Å². The van der Waals surface area contributed by atoms with Gasteiger partial charge in [0.25, 0.3) is 0 Å². The van der Waals surface area contributed by atoms with Crippen LogP contribution in [0.3, 0.4) is 0 Å². The molecule has 1 unspecified atom stereocenters. The van der Waals surface area contributed by atoms with Crippen molar-refractivity contribution in [2.75, 3.05) is 14.1 Å². The lowest BCUT2D eigenvalue weighted by Crippen LogP contribution is -2.34. The minimum absolute atomic E-state index is 0.687. The molecular formula is C19H23N. The molecule has 3 rings (SSSR count). The van der Waals surface area contributed by atoms with E-state index in [-0.39, 0.29) is 0 Å². The van der Waals surface area contributed by atoms with E-state index in [0.29, 0.717) is 6.04 Å². The first-order valence-corrected chi connectivity index (χ1v) is 7.50. The molecular weight excluding hydrogens is 242 g/mol. The second-order valence-electron chi connectivity index (χ2n) is 6.11. The summed E-state index contributed by atoms with van der Waals surface area (Å²) in [6.07, 6.45) is 3.65. The number of hydrogen-bond donors (Lipinski definition) is 0. The van der Waals surface area contributed by atoms with Gasteiger partial charge in [-0.3, -0.25) is 0 Å². The third-order valence-electron chi connectivity index (χ3n) is 4.65. The monoisotopic (exact) mass is 265 g/mol. The lowest BCUT2D eigenvalue weighted by molar-refractivity contribution is 0.268. The summed E-state index contributed by atoms with van der Waals surface area (Å²) in [5.74, 6) is 0. The summed E-state index contributed by atoms with van der Waals surface area (Å²) in [6.45, 7) is 2.26. The summed E-state index contributed by atoms with van der Waals surface area (Å²) < 4.78 is 0. The zero-order chi connectivity index (χ0) is 14.1. The molecule has 0 N–H and O–H groups in total. The Morgan fingerprint density at radius 3 is 2.40 bits per heavy atom. The summed E-state index contributed by atoms with van der Waals surface area (Å²) >= 11 is 0. The molecule has 2 aromatic carbocycles. The second kappa shape index (κ2) is 5.41. The van der Waals surface area contributed by atoms with Gasteiger partial charge >= 0.3 is 0 Å². The van der Waals surface area contributed by atoms with E-state index in [2.05, 4.69) is 68.4 Å². The number of aryl methyl sites for hydroxylation is 1. The standard InChI is InChI=1S/C19H23N/c1-14-9-11-17(15-7-5-4-6-8-15)18-12-10-16(20(2)3)13-19(14)18/h4-9,11,16H,10,12-13H2,1-3H3. The number of benzene rings is 2. The fourth-order valence-electron chi connectivity index (χ4n) is 3.36. The quantitative estimate of drug-likeness (QED) is 0.791. The Morgan fingerprint density at radius 1 is 0.950 bits per heavy atom. The summed E-state index contributed by atoms with van der Waals surface area (Å²) in [5.41, 5.74) is 7.40. The largest absolute Gasteiger partial charge is 0.306 e. The highest BCUT2D eigenvalue weighted by Crippen LogP contribution is 2.34. The van der Waals surface area contributed by atoms with Crippen LogP contribution >= 0.6 is 0 Å². The van der Waals surface area contributed by atoms with Gasteiger partial charge in [-0.25, -0.2) is 0 Å². The van der Waals surface area contributed by atoms with E-state index in [4.69, 9.17) is 0 Å². The van der Waals surface area contributed by atoms with Crippen LogP contribution in [-0.2, 0) is 12.8 Å². The van der Waals surface area contributed by atoms with Gasteiger partial charge in [-0.1, -0.05) is 42.5 Å². The average Bonchev–Trinajstić information content (AvgIpc) is 2.48. The molecule has 0 bridgehead atoms.